The number of carbonyl (C=O) groups excluding carboxylic acids is 1. The molecule has 0 aromatic carbocycles. The average molecular weight is 137 g/mol. The summed E-state index contributed by atoms with van der Waals surface area (Å²) in [7, 11) is 0. The molecule has 0 bridgehead atoms. The molecule has 1 aliphatic carbocycles. The smallest absolute Gasteiger partial charge is 0.178 e. The van der Waals surface area contributed by atoms with Crippen molar-refractivity contribution in [2.24, 2.45) is 0 Å². The Morgan fingerprint density at radius 2 is 1.50 bits per heavy atom. The zero-order valence-corrected chi connectivity index (χ0v) is 6.22. The van der Waals surface area contributed by atoms with Gasteiger partial charge in [0.25, 0.3) is 0 Å². The van der Waals surface area contributed by atoms with Crippen molar-refractivity contribution in [3.8, 4) is 0 Å². The van der Waals surface area contributed by atoms with Crippen molar-refractivity contribution < 1.29 is 4.79 Å². The van der Waals surface area contributed by atoms with Gasteiger partial charge in [0.15, 0.2) is 5.78 Å². The van der Waals surface area contributed by atoms with E-state index in [-0.39, 0.29) is 5.78 Å². The first-order valence-corrected chi connectivity index (χ1v) is 3.28. The van der Waals surface area contributed by atoms with Crippen molar-refractivity contribution >= 4 is 11.5 Å². The summed E-state index contributed by atoms with van der Waals surface area (Å²) in [5.74, 6) is -0.0407. The SMILES string of the molecule is CC.N=C1C=CC(=O)C=C1. The minimum Gasteiger partial charge on any atom is -0.301 e. The van der Waals surface area contributed by atoms with E-state index in [2.05, 4.69) is 0 Å². The first-order valence-electron chi connectivity index (χ1n) is 3.28. The van der Waals surface area contributed by atoms with Gasteiger partial charge >= 0.3 is 0 Å². The van der Waals surface area contributed by atoms with Crippen molar-refractivity contribution in [1.82, 2.24) is 0 Å². The molecular formula is C8H11NO. The number of carbonyl (C=O) groups is 1. The van der Waals surface area contributed by atoms with E-state index in [1.54, 1.807) is 0 Å². The zero-order valence-electron chi connectivity index (χ0n) is 6.22. The number of hydrogen-bond donors (Lipinski definition) is 1. The maximum absolute atomic E-state index is 10.3. The van der Waals surface area contributed by atoms with Gasteiger partial charge in [-0.05, 0) is 24.3 Å². The molecular weight excluding hydrogens is 126 g/mol. The summed E-state index contributed by atoms with van der Waals surface area (Å²) in [6, 6.07) is 0. The van der Waals surface area contributed by atoms with Gasteiger partial charge in [-0.2, -0.15) is 0 Å². The van der Waals surface area contributed by atoms with E-state index < -0.39 is 0 Å². The Hall–Kier alpha value is -1.18. The van der Waals surface area contributed by atoms with Gasteiger partial charge in [0.1, 0.15) is 0 Å². The predicted molar refractivity (Wildman–Crippen MR) is 42.4 cm³/mol. The van der Waals surface area contributed by atoms with Gasteiger partial charge in [-0.25, -0.2) is 0 Å². The third-order valence-corrected chi connectivity index (χ3v) is 0.854. The second-order valence-corrected chi connectivity index (χ2v) is 1.52. The van der Waals surface area contributed by atoms with Crippen molar-refractivity contribution in [3.63, 3.8) is 0 Å². The first kappa shape index (κ1) is 8.82. The third kappa shape index (κ3) is 2.97. The Labute approximate surface area is 60.8 Å². The van der Waals surface area contributed by atoms with Crippen LogP contribution in [0.2, 0.25) is 0 Å². The molecule has 0 radical (unpaired) electrons. The second kappa shape index (κ2) is 4.68. The molecule has 0 heterocycles. The molecule has 1 rings (SSSR count). The number of nitrogens with one attached hydrogen (secondary N) is 1. The van der Waals surface area contributed by atoms with Crippen LogP contribution in [0.1, 0.15) is 13.8 Å². The number of hydrogen-bond acceptors (Lipinski definition) is 2. The Kier molecular flexibility index (Phi) is 4.12. The minimum absolute atomic E-state index is 0.0407. The fourth-order valence-corrected chi connectivity index (χ4v) is 0.455. The van der Waals surface area contributed by atoms with E-state index in [0.29, 0.717) is 5.71 Å². The van der Waals surface area contributed by atoms with E-state index in [1.807, 2.05) is 13.8 Å². The van der Waals surface area contributed by atoms with E-state index in [0.717, 1.165) is 0 Å². The van der Waals surface area contributed by atoms with E-state index in [4.69, 9.17) is 5.41 Å². The second-order valence-electron chi connectivity index (χ2n) is 1.52. The maximum atomic E-state index is 10.3. The van der Waals surface area contributed by atoms with Gasteiger partial charge in [0, 0.05) is 0 Å². The van der Waals surface area contributed by atoms with E-state index >= 15 is 0 Å². The molecule has 0 atom stereocenters. The van der Waals surface area contributed by atoms with Crippen LogP contribution in [0.4, 0.5) is 0 Å². The van der Waals surface area contributed by atoms with Crippen LogP contribution in [0.3, 0.4) is 0 Å². The monoisotopic (exact) mass is 137 g/mol. The molecule has 1 aliphatic rings. The largest absolute Gasteiger partial charge is 0.301 e. The van der Waals surface area contributed by atoms with Gasteiger partial charge in [-0.3, -0.25) is 4.79 Å². The van der Waals surface area contributed by atoms with Crippen LogP contribution < -0.4 is 0 Å². The molecule has 10 heavy (non-hydrogen) atoms. The summed E-state index contributed by atoms with van der Waals surface area (Å²) in [6.07, 6.45) is 5.70. The van der Waals surface area contributed by atoms with Gasteiger partial charge in [-0.1, -0.05) is 13.8 Å². The Balaban J connectivity index is 0.000000371. The average Bonchev–Trinajstić information content (AvgIpc) is 2.00. The van der Waals surface area contributed by atoms with Crippen LogP contribution in [0.25, 0.3) is 0 Å². The van der Waals surface area contributed by atoms with Gasteiger partial charge in [-0.15, -0.1) is 0 Å². The van der Waals surface area contributed by atoms with Crippen LogP contribution in [0.5, 0.6) is 0 Å². The summed E-state index contributed by atoms with van der Waals surface area (Å²) in [5, 5.41) is 6.95. The zero-order chi connectivity index (χ0) is 7.98. The van der Waals surface area contributed by atoms with Crippen LogP contribution in [-0.2, 0) is 4.79 Å². The topological polar surface area (TPSA) is 40.9 Å². The predicted octanol–water partition coefficient (Wildman–Crippen LogP) is 1.73. The molecule has 2 nitrogen and oxygen atoms in total. The normalized spacial score (nSPS) is 14.6. The highest BCUT2D eigenvalue weighted by molar-refractivity contribution is 6.15. The van der Waals surface area contributed by atoms with Crippen molar-refractivity contribution in [2.45, 2.75) is 13.8 Å². The lowest BCUT2D eigenvalue weighted by atomic mass is 10.2. The van der Waals surface area contributed by atoms with Crippen molar-refractivity contribution in [2.75, 3.05) is 0 Å². The molecule has 1 N–H and O–H groups in total. The number of rotatable bonds is 0. The van der Waals surface area contributed by atoms with Crippen molar-refractivity contribution in [3.05, 3.63) is 24.3 Å². The fraction of sp³-hybridized carbons (Fsp3) is 0.250. The molecule has 0 aliphatic heterocycles. The summed E-state index contributed by atoms with van der Waals surface area (Å²) < 4.78 is 0. The maximum Gasteiger partial charge on any atom is 0.178 e. The molecule has 0 unspecified atom stereocenters. The molecule has 0 aromatic rings. The summed E-state index contributed by atoms with van der Waals surface area (Å²) in [4.78, 5) is 10.3. The molecule has 0 saturated heterocycles. The Morgan fingerprint density at radius 1 is 1.10 bits per heavy atom. The van der Waals surface area contributed by atoms with Gasteiger partial charge in [0.05, 0.1) is 5.71 Å². The third-order valence-electron chi connectivity index (χ3n) is 0.854. The quantitative estimate of drug-likeness (QED) is 0.507. The van der Waals surface area contributed by atoms with Gasteiger partial charge in [0.2, 0.25) is 0 Å². The molecule has 0 aromatic heterocycles. The molecule has 0 fully saturated rings. The number of ketones is 1. The lowest BCUT2D eigenvalue weighted by Crippen LogP contribution is -1.96. The lowest BCUT2D eigenvalue weighted by Gasteiger charge is -1.90. The van der Waals surface area contributed by atoms with Crippen molar-refractivity contribution in [1.29, 1.82) is 5.41 Å². The number of allylic oxidation sites excluding steroid dienone is 4. The highest BCUT2D eigenvalue weighted by atomic mass is 16.1. The van der Waals surface area contributed by atoms with E-state index in [1.165, 1.54) is 24.3 Å². The van der Waals surface area contributed by atoms with Crippen LogP contribution in [0.15, 0.2) is 24.3 Å². The van der Waals surface area contributed by atoms with Crippen LogP contribution in [0, 0.1) is 5.41 Å². The Bertz CT molecular complexity index is 151. The summed E-state index contributed by atoms with van der Waals surface area (Å²) >= 11 is 0. The van der Waals surface area contributed by atoms with Gasteiger partial charge < -0.3 is 5.41 Å². The molecule has 0 amide bonds. The van der Waals surface area contributed by atoms with Crippen LogP contribution in [-0.4, -0.2) is 11.5 Å². The fourth-order valence-electron chi connectivity index (χ4n) is 0.455. The van der Waals surface area contributed by atoms with Crippen LogP contribution >= 0.6 is 0 Å². The molecule has 2 heteroatoms. The highest BCUT2D eigenvalue weighted by Crippen LogP contribution is 1.91. The Morgan fingerprint density at radius 3 is 1.80 bits per heavy atom. The minimum atomic E-state index is -0.0407. The molecule has 54 valence electrons. The summed E-state index contributed by atoms with van der Waals surface area (Å²) in [6.45, 7) is 4.00. The standard InChI is InChI=1S/C6H5NO.C2H6/c7-5-1-3-6(8)4-2-5;1-2/h1-4,7H;1-2H3. The highest BCUT2D eigenvalue weighted by Gasteiger charge is 1.94. The molecule has 0 spiro atoms. The molecule has 0 saturated carbocycles. The first-order chi connectivity index (χ1) is 4.79. The summed E-state index contributed by atoms with van der Waals surface area (Å²) in [5.41, 5.74) is 0.379. The van der Waals surface area contributed by atoms with E-state index in [9.17, 15) is 4.79 Å². The lowest BCUT2D eigenvalue weighted by molar-refractivity contribution is -0.110.